The number of amides is 1. The van der Waals surface area contributed by atoms with E-state index in [0.717, 1.165) is 42.6 Å². The highest BCUT2D eigenvalue weighted by Crippen LogP contribution is 2.20. The third-order valence-corrected chi connectivity index (χ3v) is 6.13. The van der Waals surface area contributed by atoms with Crippen LogP contribution in [-0.4, -0.2) is 32.3 Å². The maximum atomic E-state index is 12.7. The van der Waals surface area contributed by atoms with Crippen molar-refractivity contribution in [3.63, 3.8) is 0 Å². The average Bonchev–Trinajstić information content (AvgIpc) is 3.15. The first kappa shape index (κ1) is 18.6. The van der Waals surface area contributed by atoms with Gasteiger partial charge in [0.2, 0.25) is 10.0 Å². The van der Waals surface area contributed by atoms with Crippen molar-refractivity contribution < 1.29 is 13.2 Å². The molecule has 0 aromatic heterocycles. The van der Waals surface area contributed by atoms with E-state index in [-0.39, 0.29) is 17.3 Å². The van der Waals surface area contributed by atoms with Crippen molar-refractivity contribution in [2.75, 3.05) is 13.1 Å². The minimum atomic E-state index is -3.69. The fraction of sp³-hybridized carbons (Fsp3) is 0.350. The van der Waals surface area contributed by atoms with Gasteiger partial charge in [-0.1, -0.05) is 35.9 Å². The number of hydrogen-bond donors (Lipinski definition) is 1. The second-order valence-electron chi connectivity index (χ2n) is 6.79. The molecule has 2 aromatic carbocycles. The molecule has 0 bridgehead atoms. The second kappa shape index (κ2) is 7.60. The van der Waals surface area contributed by atoms with Crippen LogP contribution in [-0.2, 0) is 16.6 Å². The molecule has 0 radical (unpaired) electrons. The summed E-state index contributed by atoms with van der Waals surface area (Å²) in [5.41, 5.74) is 3.27. The number of carbonyl (C=O) groups excluding carboxylic acids is 1. The molecule has 0 aliphatic carbocycles. The molecule has 5 nitrogen and oxygen atoms in total. The molecule has 1 aliphatic heterocycles. The normalized spacial score (nSPS) is 14.6. The molecule has 1 N–H and O–H groups in total. The molecule has 0 unspecified atom stereocenters. The van der Waals surface area contributed by atoms with Crippen LogP contribution < -0.4 is 4.72 Å². The van der Waals surface area contributed by atoms with Crippen LogP contribution in [0.5, 0.6) is 0 Å². The van der Waals surface area contributed by atoms with Crippen molar-refractivity contribution in [3.8, 4) is 0 Å². The van der Waals surface area contributed by atoms with Crippen molar-refractivity contribution in [2.45, 2.75) is 38.1 Å². The van der Waals surface area contributed by atoms with Gasteiger partial charge >= 0.3 is 0 Å². The largest absolute Gasteiger partial charge is 0.339 e. The number of rotatable bonds is 5. The van der Waals surface area contributed by atoms with E-state index in [1.807, 2.05) is 38.1 Å². The van der Waals surface area contributed by atoms with E-state index in [0.29, 0.717) is 5.56 Å². The molecule has 1 heterocycles. The van der Waals surface area contributed by atoms with Crippen LogP contribution in [0, 0.1) is 13.8 Å². The molecule has 0 spiro atoms. The molecular weight excluding hydrogens is 348 g/mol. The Hall–Kier alpha value is -2.18. The number of carbonyl (C=O) groups is 1. The molecule has 26 heavy (non-hydrogen) atoms. The zero-order valence-corrected chi connectivity index (χ0v) is 16.0. The van der Waals surface area contributed by atoms with Gasteiger partial charge < -0.3 is 4.90 Å². The average molecular weight is 372 g/mol. The molecule has 3 rings (SSSR count). The molecule has 0 saturated carbocycles. The van der Waals surface area contributed by atoms with Crippen LogP contribution in [0.2, 0.25) is 0 Å². The van der Waals surface area contributed by atoms with Crippen LogP contribution in [0.1, 0.15) is 39.9 Å². The van der Waals surface area contributed by atoms with Crippen LogP contribution >= 0.6 is 0 Å². The molecular formula is C20H24N2O3S. The smallest absolute Gasteiger partial charge is 0.254 e. The van der Waals surface area contributed by atoms with Crippen LogP contribution in [0.25, 0.3) is 0 Å². The number of nitrogens with zero attached hydrogens (tertiary/aromatic N) is 1. The summed E-state index contributed by atoms with van der Waals surface area (Å²) in [4.78, 5) is 14.6. The quantitative estimate of drug-likeness (QED) is 0.877. The molecule has 1 amide bonds. The zero-order chi connectivity index (χ0) is 18.7. The number of sulfonamides is 1. The molecule has 1 saturated heterocycles. The van der Waals surface area contributed by atoms with E-state index in [1.54, 1.807) is 17.0 Å². The molecule has 2 aromatic rings. The number of likely N-dealkylation sites (tertiary alicyclic amines) is 1. The predicted octanol–water partition coefficient (Wildman–Crippen LogP) is 3.02. The topological polar surface area (TPSA) is 66.5 Å². The van der Waals surface area contributed by atoms with E-state index < -0.39 is 10.0 Å². The Morgan fingerprint density at radius 3 is 2.35 bits per heavy atom. The lowest BCUT2D eigenvalue weighted by atomic mass is 10.1. The lowest BCUT2D eigenvalue weighted by Crippen LogP contribution is -2.29. The van der Waals surface area contributed by atoms with Gasteiger partial charge in [0.25, 0.3) is 5.91 Å². The van der Waals surface area contributed by atoms with E-state index >= 15 is 0 Å². The number of nitrogens with one attached hydrogen (secondary N) is 1. The standard InChI is InChI=1S/C20H24N2O3S/c1-15-5-8-17(9-6-15)14-21-26(24,25)18-10-7-16(2)19(13-18)20(23)22-11-3-4-12-22/h5-10,13,21H,3-4,11-12,14H2,1-2H3. The lowest BCUT2D eigenvalue weighted by molar-refractivity contribution is 0.0792. The Kier molecular flexibility index (Phi) is 5.44. The first-order chi connectivity index (χ1) is 12.4. The Morgan fingerprint density at radius 2 is 1.69 bits per heavy atom. The van der Waals surface area contributed by atoms with Crippen molar-refractivity contribution in [3.05, 3.63) is 64.7 Å². The Bertz CT molecular complexity index is 899. The van der Waals surface area contributed by atoms with Crippen molar-refractivity contribution in [1.29, 1.82) is 0 Å². The summed E-state index contributed by atoms with van der Waals surface area (Å²) in [6.45, 7) is 5.51. The first-order valence-electron chi connectivity index (χ1n) is 8.82. The highest BCUT2D eigenvalue weighted by molar-refractivity contribution is 7.89. The van der Waals surface area contributed by atoms with E-state index in [9.17, 15) is 13.2 Å². The fourth-order valence-electron chi connectivity index (χ4n) is 3.06. The number of hydrogen-bond acceptors (Lipinski definition) is 3. The third kappa shape index (κ3) is 4.14. The van der Waals surface area contributed by atoms with Gasteiger partial charge in [-0.15, -0.1) is 0 Å². The second-order valence-corrected chi connectivity index (χ2v) is 8.55. The van der Waals surface area contributed by atoms with Crippen LogP contribution in [0.4, 0.5) is 0 Å². The van der Waals surface area contributed by atoms with E-state index in [2.05, 4.69) is 4.72 Å². The molecule has 1 aliphatic rings. The zero-order valence-electron chi connectivity index (χ0n) is 15.2. The minimum Gasteiger partial charge on any atom is -0.339 e. The van der Waals surface area contributed by atoms with Gasteiger partial charge in [-0.25, -0.2) is 13.1 Å². The summed E-state index contributed by atoms with van der Waals surface area (Å²) in [5.74, 6) is -0.0874. The van der Waals surface area contributed by atoms with Gasteiger partial charge in [0.15, 0.2) is 0 Å². The third-order valence-electron chi connectivity index (χ3n) is 4.73. The lowest BCUT2D eigenvalue weighted by Gasteiger charge is -2.17. The molecule has 138 valence electrons. The van der Waals surface area contributed by atoms with E-state index in [1.165, 1.54) is 6.07 Å². The van der Waals surface area contributed by atoms with Gasteiger partial charge in [-0.2, -0.15) is 0 Å². The number of benzene rings is 2. The van der Waals surface area contributed by atoms with Crippen molar-refractivity contribution in [1.82, 2.24) is 9.62 Å². The van der Waals surface area contributed by atoms with Crippen molar-refractivity contribution in [2.24, 2.45) is 0 Å². The summed E-state index contributed by atoms with van der Waals surface area (Å²) in [7, 11) is -3.69. The van der Waals surface area contributed by atoms with Crippen LogP contribution in [0.3, 0.4) is 0 Å². The Labute approximate surface area is 155 Å². The fourth-order valence-corrected chi connectivity index (χ4v) is 4.10. The van der Waals surface area contributed by atoms with Gasteiger partial charge in [-0.3, -0.25) is 4.79 Å². The van der Waals surface area contributed by atoms with Crippen molar-refractivity contribution >= 4 is 15.9 Å². The summed E-state index contributed by atoms with van der Waals surface area (Å²) in [6.07, 6.45) is 2.00. The summed E-state index contributed by atoms with van der Waals surface area (Å²) in [6, 6.07) is 12.4. The maximum Gasteiger partial charge on any atom is 0.254 e. The monoisotopic (exact) mass is 372 g/mol. The highest BCUT2D eigenvalue weighted by atomic mass is 32.2. The maximum absolute atomic E-state index is 12.7. The molecule has 6 heteroatoms. The Balaban J connectivity index is 1.79. The van der Waals surface area contributed by atoms with E-state index in [4.69, 9.17) is 0 Å². The van der Waals surface area contributed by atoms with Crippen LogP contribution in [0.15, 0.2) is 47.4 Å². The van der Waals surface area contributed by atoms with Gasteiger partial charge in [-0.05, 0) is 49.9 Å². The SMILES string of the molecule is Cc1ccc(CNS(=O)(=O)c2ccc(C)c(C(=O)N3CCCC3)c2)cc1. The highest BCUT2D eigenvalue weighted by Gasteiger charge is 2.23. The van der Waals surface area contributed by atoms with Gasteiger partial charge in [0.1, 0.15) is 0 Å². The molecule has 1 fully saturated rings. The summed E-state index contributed by atoms with van der Waals surface area (Å²) >= 11 is 0. The number of aryl methyl sites for hydroxylation is 2. The summed E-state index contributed by atoms with van der Waals surface area (Å²) < 4.78 is 27.9. The van der Waals surface area contributed by atoms with Gasteiger partial charge in [0.05, 0.1) is 4.90 Å². The predicted molar refractivity (Wildman–Crippen MR) is 102 cm³/mol. The van der Waals surface area contributed by atoms with Gasteiger partial charge in [0, 0.05) is 25.2 Å². The molecule has 0 atom stereocenters. The first-order valence-corrected chi connectivity index (χ1v) is 10.3. The minimum absolute atomic E-state index is 0.0874. The summed E-state index contributed by atoms with van der Waals surface area (Å²) in [5, 5.41) is 0. The Morgan fingerprint density at radius 1 is 1.04 bits per heavy atom.